The van der Waals surface area contributed by atoms with E-state index in [-0.39, 0.29) is 12.5 Å². The van der Waals surface area contributed by atoms with E-state index in [1.54, 1.807) is 6.20 Å². The molecular weight excluding hydrogens is 342 g/mol. The largest absolute Gasteiger partial charge is 0.376 e. The molecule has 4 nitrogen and oxygen atoms in total. The Morgan fingerprint density at radius 3 is 2.75 bits per heavy atom. The molecule has 0 radical (unpaired) electrons. The minimum Gasteiger partial charge on any atom is -0.376 e. The third-order valence-corrected chi connectivity index (χ3v) is 4.44. The Hall–Kier alpha value is -2.37. The summed E-state index contributed by atoms with van der Waals surface area (Å²) in [7, 11) is 0. The summed E-state index contributed by atoms with van der Waals surface area (Å²) in [5.74, 6) is -0.123. The van der Waals surface area contributed by atoms with Crippen LogP contribution in [0.25, 0.3) is 0 Å². The molecule has 0 aliphatic carbocycles. The summed E-state index contributed by atoms with van der Waals surface area (Å²) in [5.41, 5.74) is 2.03. The van der Waals surface area contributed by atoms with Crippen LogP contribution >= 0.6 is 22.9 Å². The van der Waals surface area contributed by atoms with Gasteiger partial charge in [0.05, 0.1) is 6.54 Å². The number of thiazole rings is 1. The second-order valence-corrected chi connectivity index (χ2v) is 6.76. The molecular formula is C18H16ClN3OS. The average molecular weight is 358 g/mol. The lowest BCUT2D eigenvalue weighted by atomic mass is 10.1. The smallest absolute Gasteiger partial charge is 0.245 e. The lowest BCUT2D eigenvalue weighted by molar-refractivity contribution is -0.114. The molecule has 3 rings (SSSR count). The number of halogens is 1. The lowest BCUT2D eigenvalue weighted by Crippen LogP contribution is -2.21. The van der Waals surface area contributed by atoms with Gasteiger partial charge < -0.3 is 10.6 Å². The summed E-state index contributed by atoms with van der Waals surface area (Å²) in [6, 6.07) is 17.3. The Morgan fingerprint density at radius 1 is 1.12 bits per heavy atom. The summed E-state index contributed by atoms with van der Waals surface area (Å²) in [6.45, 7) is 0.202. The van der Waals surface area contributed by atoms with Crippen LogP contribution in [0.3, 0.4) is 0 Å². The Labute approximate surface area is 149 Å². The molecule has 1 aromatic heterocycles. The quantitative estimate of drug-likeness (QED) is 0.685. The molecule has 2 aromatic carbocycles. The van der Waals surface area contributed by atoms with Gasteiger partial charge in [-0.1, -0.05) is 41.9 Å². The first-order valence-electron chi connectivity index (χ1n) is 7.47. The minimum absolute atomic E-state index is 0.123. The third kappa shape index (κ3) is 4.81. The molecule has 3 aromatic rings. The van der Waals surface area contributed by atoms with Crippen molar-refractivity contribution in [1.29, 1.82) is 0 Å². The first kappa shape index (κ1) is 16.5. The number of rotatable bonds is 6. The van der Waals surface area contributed by atoms with Crippen LogP contribution in [-0.2, 0) is 11.2 Å². The van der Waals surface area contributed by atoms with Crippen molar-refractivity contribution >= 4 is 39.7 Å². The zero-order valence-electron chi connectivity index (χ0n) is 12.8. The first-order chi connectivity index (χ1) is 11.7. The summed E-state index contributed by atoms with van der Waals surface area (Å²) in [5, 5.41) is 7.20. The highest BCUT2D eigenvalue weighted by Gasteiger charge is 2.07. The number of nitrogens with one attached hydrogen (secondary N) is 2. The molecule has 0 bridgehead atoms. The predicted octanol–water partition coefficient (Wildman–Crippen LogP) is 4.44. The molecule has 0 unspecified atom stereocenters. The third-order valence-electron chi connectivity index (χ3n) is 3.29. The highest BCUT2D eigenvalue weighted by Crippen LogP contribution is 2.22. The standard InChI is InChI=1S/C18H16ClN3OS/c19-14-6-4-5-13(9-14)10-16-11-21-18(24-16)22-17(23)12-20-15-7-2-1-3-8-15/h1-9,11,20H,10,12H2,(H,21,22,23). The van der Waals surface area contributed by atoms with Crippen molar-refractivity contribution in [1.82, 2.24) is 4.98 Å². The molecule has 0 aliphatic rings. The number of hydrogen-bond donors (Lipinski definition) is 2. The Bertz CT molecular complexity index is 820. The van der Waals surface area contributed by atoms with Crippen LogP contribution in [0.1, 0.15) is 10.4 Å². The fourth-order valence-corrected chi connectivity index (χ4v) is 3.27. The SMILES string of the molecule is O=C(CNc1ccccc1)Nc1ncc(Cc2cccc(Cl)c2)s1. The molecule has 2 N–H and O–H groups in total. The normalized spacial score (nSPS) is 10.4. The van der Waals surface area contributed by atoms with Gasteiger partial charge in [0.15, 0.2) is 5.13 Å². The van der Waals surface area contributed by atoms with Crippen LogP contribution < -0.4 is 10.6 Å². The number of carbonyl (C=O) groups is 1. The van der Waals surface area contributed by atoms with E-state index < -0.39 is 0 Å². The van der Waals surface area contributed by atoms with Crippen molar-refractivity contribution in [2.24, 2.45) is 0 Å². The van der Waals surface area contributed by atoms with Crippen molar-refractivity contribution in [2.45, 2.75) is 6.42 Å². The molecule has 24 heavy (non-hydrogen) atoms. The molecule has 0 aliphatic heterocycles. The Balaban J connectivity index is 1.53. The van der Waals surface area contributed by atoms with E-state index >= 15 is 0 Å². The van der Waals surface area contributed by atoms with Crippen LogP contribution in [0.2, 0.25) is 5.02 Å². The summed E-state index contributed by atoms with van der Waals surface area (Å²) in [6.07, 6.45) is 2.53. The van der Waals surface area contributed by atoms with Crippen LogP contribution in [0, 0.1) is 0 Å². The predicted molar refractivity (Wildman–Crippen MR) is 99.9 cm³/mol. The van der Waals surface area contributed by atoms with Gasteiger partial charge >= 0.3 is 0 Å². The summed E-state index contributed by atoms with van der Waals surface area (Å²) >= 11 is 7.46. The number of benzene rings is 2. The fourth-order valence-electron chi connectivity index (χ4n) is 2.20. The van der Waals surface area contributed by atoms with Gasteiger partial charge in [0.2, 0.25) is 5.91 Å². The van der Waals surface area contributed by atoms with Gasteiger partial charge in [0.25, 0.3) is 0 Å². The number of nitrogens with zero attached hydrogens (tertiary/aromatic N) is 1. The topological polar surface area (TPSA) is 54.0 Å². The van der Waals surface area contributed by atoms with E-state index in [1.165, 1.54) is 11.3 Å². The number of anilines is 2. The maximum Gasteiger partial charge on any atom is 0.245 e. The van der Waals surface area contributed by atoms with E-state index in [4.69, 9.17) is 11.6 Å². The maximum atomic E-state index is 12.0. The molecule has 0 saturated carbocycles. The Kier molecular flexibility index (Phi) is 5.46. The van der Waals surface area contributed by atoms with Crippen LogP contribution in [0.4, 0.5) is 10.8 Å². The monoisotopic (exact) mass is 357 g/mol. The second kappa shape index (κ2) is 7.95. The van der Waals surface area contributed by atoms with Gasteiger partial charge in [-0.3, -0.25) is 4.79 Å². The number of para-hydroxylation sites is 1. The van der Waals surface area contributed by atoms with Crippen LogP contribution in [-0.4, -0.2) is 17.4 Å². The van der Waals surface area contributed by atoms with Crippen molar-refractivity contribution < 1.29 is 4.79 Å². The fraction of sp³-hybridized carbons (Fsp3) is 0.111. The van der Waals surface area contributed by atoms with Crippen molar-refractivity contribution in [3.8, 4) is 0 Å². The van der Waals surface area contributed by atoms with Crippen molar-refractivity contribution in [2.75, 3.05) is 17.2 Å². The molecule has 0 atom stereocenters. The molecule has 1 heterocycles. The van der Waals surface area contributed by atoms with Gasteiger partial charge in [-0.2, -0.15) is 0 Å². The number of carbonyl (C=O) groups excluding carboxylic acids is 1. The molecule has 0 saturated heterocycles. The van der Waals surface area contributed by atoms with E-state index in [2.05, 4.69) is 15.6 Å². The number of aromatic nitrogens is 1. The second-order valence-electron chi connectivity index (χ2n) is 5.21. The maximum absolute atomic E-state index is 12.0. The van der Waals surface area contributed by atoms with E-state index in [0.29, 0.717) is 5.13 Å². The summed E-state index contributed by atoms with van der Waals surface area (Å²) < 4.78 is 0. The molecule has 122 valence electrons. The molecule has 0 fully saturated rings. The number of amides is 1. The Morgan fingerprint density at radius 2 is 1.96 bits per heavy atom. The van der Waals surface area contributed by atoms with Gasteiger partial charge in [-0.15, -0.1) is 11.3 Å². The minimum atomic E-state index is -0.123. The van der Waals surface area contributed by atoms with Crippen LogP contribution in [0.5, 0.6) is 0 Å². The lowest BCUT2D eigenvalue weighted by Gasteiger charge is -2.05. The zero-order chi connectivity index (χ0) is 16.8. The molecule has 6 heteroatoms. The highest BCUT2D eigenvalue weighted by molar-refractivity contribution is 7.15. The van der Waals surface area contributed by atoms with Gasteiger partial charge in [-0.25, -0.2) is 4.98 Å². The average Bonchev–Trinajstić information content (AvgIpc) is 3.01. The first-order valence-corrected chi connectivity index (χ1v) is 8.66. The van der Waals surface area contributed by atoms with Crippen molar-refractivity contribution in [3.63, 3.8) is 0 Å². The van der Waals surface area contributed by atoms with Crippen LogP contribution in [0.15, 0.2) is 60.8 Å². The number of hydrogen-bond acceptors (Lipinski definition) is 4. The molecule has 1 amide bonds. The van der Waals surface area contributed by atoms with Crippen molar-refractivity contribution in [3.05, 3.63) is 76.3 Å². The van der Waals surface area contributed by atoms with Gasteiger partial charge in [0, 0.05) is 28.2 Å². The van der Waals surface area contributed by atoms with E-state index in [0.717, 1.165) is 27.6 Å². The van der Waals surface area contributed by atoms with Gasteiger partial charge in [0.1, 0.15) is 0 Å². The highest BCUT2D eigenvalue weighted by atomic mass is 35.5. The molecule has 0 spiro atoms. The summed E-state index contributed by atoms with van der Waals surface area (Å²) in [4.78, 5) is 17.3. The van der Waals surface area contributed by atoms with E-state index in [1.807, 2.05) is 54.6 Å². The van der Waals surface area contributed by atoms with Gasteiger partial charge in [-0.05, 0) is 29.8 Å². The zero-order valence-corrected chi connectivity index (χ0v) is 14.4. The van der Waals surface area contributed by atoms with E-state index in [9.17, 15) is 4.79 Å².